The molecule has 0 aliphatic carbocycles. The van der Waals surface area contributed by atoms with Crippen LogP contribution in [0.1, 0.15) is 53.2 Å². The van der Waals surface area contributed by atoms with Crippen molar-refractivity contribution in [3.63, 3.8) is 0 Å². The number of rotatable bonds is 5. The maximum absolute atomic E-state index is 13.1. The van der Waals surface area contributed by atoms with E-state index in [1.54, 1.807) is 11.8 Å². The van der Waals surface area contributed by atoms with Crippen LogP contribution in [0.5, 0.6) is 0 Å². The second-order valence-electron chi connectivity index (χ2n) is 9.63. The van der Waals surface area contributed by atoms with E-state index in [1.165, 1.54) is 5.56 Å². The summed E-state index contributed by atoms with van der Waals surface area (Å²) >= 11 is 0. The molecule has 1 N–H and O–H groups in total. The number of likely N-dealkylation sites (tertiary alicyclic amines) is 2. The molecule has 1 atom stereocenters. The quantitative estimate of drug-likeness (QED) is 0.677. The minimum atomic E-state index is -1.01. The Hall–Kier alpha value is -2.71. The van der Waals surface area contributed by atoms with Gasteiger partial charge in [-0.1, -0.05) is 6.07 Å². The van der Waals surface area contributed by atoms with Gasteiger partial charge in [0.15, 0.2) is 0 Å². The monoisotopic (exact) mass is 454 g/mol. The van der Waals surface area contributed by atoms with Gasteiger partial charge in [0.05, 0.1) is 28.4 Å². The molecule has 176 valence electrons. The summed E-state index contributed by atoms with van der Waals surface area (Å²) in [6.07, 6.45) is 2.56. The second-order valence-corrected chi connectivity index (χ2v) is 9.63. The van der Waals surface area contributed by atoms with Gasteiger partial charge in [-0.15, -0.1) is 0 Å². The zero-order valence-corrected chi connectivity index (χ0v) is 19.2. The number of piperidine rings is 1. The minimum Gasteiger partial charge on any atom is -0.457 e. The molecule has 4 aliphatic rings. The molecule has 1 aromatic carbocycles. The molecule has 8 nitrogen and oxygen atoms in total. The van der Waals surface area contributed by atoms with E-state index >= 15 is 0 Å². The Morgan fingerprint density at radius 3 is 2.45 bits per heavy atom. The van der Waals surface area contributed by atoms with Crippen LogP contribution in [-0.4, -0.2) is 71.1 Å². The molecule has 1 amide bonds. The van der Waals surface area contributed by atoms with Gasteiger partial charge in [0.2, 0.25) is 5.91 Å². The van der Waals surface area contributed by atoms with E-state index in [2.05, 4.69) is 4.90 Å². The molecule has 0 spiro atoms. The highest BCUT2D eigenvalue weighted by molar-refractivity contribution is 5.94. The SMILES string of the molecule is CC1=C(N2CCC(C3(O)CCN(CCc4ccc5c(c4C)COC5=O)CC3)C2=O)COC1=O. The van der Waals surface area contributed by atoms with Gasteiger partial charge >= 0.3 is 11.9 Å². The number of aliphatic hydroxyl groups is 1. The highest BCUT2D eigenvalue weighted by Gasteiger charge is 2.49. The Kier molecular flexibility index (Phi) is 5.53. The summed E-state index contributed by atoms with van der Waals surface area (Å²) in [5.74, 6) is -1.14. The van der Waals surface area contributed by atoms with Gasteiger partial charge in [0.1, 0.15) is 13.2 Å². The average Bonchev–Trinajstić information content (AvgIpc) is 3.47. The first-order valence-corrected chi connectivity index (χ1v) is 11.7. The lowest BCUT2D eigenvalue weighted by Crippen LogP contribution is -2.51. The number of hydrogen-bond donors (Lipinski definition) is 1. The molecule has 2 fully saturated rings. The number of benzene rings is 1. The van der Waals surface area contributed by atoms with E-state index in [-0.39, 0.29) is 24.5 Å². The van der Waals surface area contributed by atoms with Gasteiger partial charge in [-0.3, -0.25) is 4.79 Å². The molecule has 33 heavy (non-hydrogen) atoms. The molecule has 0 saturated carbocycles. The van der Waals surface area contributed by atoms with Crippen LogP contribution < -0.4 is 0 Å². The topological polar surface area (TPSA) is 96.4 Å². The number of ether oxygens (including phenoxy) is 2. The lowest BCUT2D eigenvalue weighted by atomic mass is 9.78. The molecule has 1 aromatic rings. The van der Waals surface area contributed by atoms with E-state index in [4.69, 9.17) is 9.47 Å². The molecular formula is C25H30N2O6. The predicted molar refractivity (Wildman–Crippen MR) is 118 cm³/mol. The number of cyclic esters (lactones) is 2. The van der Waals surface area contributed by atoms with Crippen molar-refractivity contribution >= 4 is 17.8 Å². The molecule has 5 rings (SSSR count). The van der Waals surface area contributed by atoms with Gasteiger partial charge in [0.25, 0.3) is 0 Å². The largest absolute Gasteiger partial charge is 0.457 e. The van der Waals surface area contributed by atoms with Gasteiger partial charge in [0, 0.05) is 31.7 Å². The van der Waals surface area contributed by atoms with E-state index < -0.39 is 11.5 Å². The zero-order chi connectivity index (χ0) is 23.3. The highest BCUT2D eigenvalue weighted by Crippen LogP contribution is 2.39. The van der Waals surface area contributed by atoms with Crippen LogP contribution in [0, 0.1) is 12.8 Å². The first-order valence-electron chi connectivity index (χ1n) is 11.7. The van der Waals surface area contributed by atoms with Crippen LogP contribution in [0.3, 0.4) is 0 Å². The zero-order valence-electron chi connectivity index (χ0n) is 19.2. The smallest absolute Gasteiger partial charge is 0.338 e. The third kappa shape index (κ3) is 3.75. The molecule has 0 bridgehead atoms. The first kappa shape index (κ1) is 22.1. The van der Waals surface area contributed by atoms with Crippen molar-refractivity contribution in [3.05, 3.63) is 45.7 Å². The molecule has 1 unspecified atom stereocenters. The van der Waals surface area contributed by atoms with E-state index in [9.17, 15) is 19.5 Å². The van der Waals surface area contributed by atoms with E-state index in [0.29, 0.717) is 49.2 Å². The summed E-state index contributed by atoms with van der Waals surface area (Å²) in [6.45, 7) is 7.06. The third-order valence-electron chi connectivity index (χ3n) is 7.96. The lowest BCUT2D eigenvalue weighted by Gasteiger charge is -2.41. The number of fused-ring (bicyclic) bond motifs is 1. The Morgan fingerprint density at radius 2 is 1.76 bits per heavy atom. The summed E-state index contributed by atoms with van der Waals surface area (Å²) in [6, 6.07) is 3.88. The Balaban J connectivity index is 1.18. The van der Waals surface area contributed by atoms with Crippen molar-refractivity contribution in [2.24, 2.45) is 5.92 Å². The molecule has 4 heterocycles. The van der Waals surface area contributed by atoms with Gasteiger partial charge in [-0.05, 0) is 56.7 Å². The highest BCUT2D eigenvalue weighted by atomic mass is 16.5. The standard InChI is InChI=1S/C25H30N2O6/c1-15-17(3-4-18-19(15)13-32-24(18)30)5-9-26-11-7-25(31,8-12-26)20-6-10-27(22(20)28)21-14-33-23(29)16(21)2/h3-4,20,31H,5-14H2,1-2H3. The summed E-state index contributed by atoms with van der Waals surface area (Å²) in [5.41, 5.74) is 4.13. The molecule has 4 aliphatic heterocycles. The molecular weight excluding hydrogens is 424 g/mol. The molecule has 0 radical (unpaired) electrons. The van der Waals surface area contributed by atoms with Crippen LogP contribution in [0.2, 0.25) is 0 Å². The Labute approximate surface area is 193 Å². The number of amides is 1. The van der Waals surface area contributed by atoms with Crippen molar-refractivity contribution < 1.29 is 29.0 Å². The van der Waals surface area contributed by atoms with Crippen LogP contribution in [-0.2, 0) is 32.1 Å². The summed E-state index contributed by atoms with van der Waals surface area (Å²) in [5, 5.41) is 11.4. The van der Waals surface area contributed by atoms with Crippen molar-refractivity contribution in [1.82, 2.24) is 9.80 Å². The van der Waals surface area contributed by atoms with Crippen LogP contribution in [0.4, 0.5) is 0 Å². The van der Waals surface area contributed by atoms with Gasteiger partial charge in [-0.25, -0.2) is 9.59 Å². The number of carbonyl (C=O) groups excluding carboxylic acids is 3. The van der Waals surface area contributed by atoms with Crippen molar-refractivity contribution in [2.45, 2.75) is 51.7 Å². The van der Waals surface area contributed by atoms with Crippen molar-refractivity contribution in [2.75, 3.05) is 32.8 Å². The van der Waals surface area contributed by atoms with Crippen LogP contribution in [0.15, 0.2) is 23.4 Å². The number of esters is 2. The number of nitrogens with zero attached hydrogens (tertiary/aromatic N) is 2. The Morgan fingerprint density at radius 1 is 1.03 bits per heavy atom. The second kappa shape index (κ2) is 8.25. The van der Waals surface area contributed by atoms with Crippen LogP contribution >= 0.6 is 0 Å². The maximum atomic E-state index is 13.1. The Bertz CT molecular complexity index is 1050. The van der Waals surface area contributed by atoms with E-state index in [1.807, 2.05) is 19.1 Å². The summed E-state index contributed by atoms with van der Waals surface area (Å²) in [4.78, 5) is 40.5. The van der Waals surface area contributed by atoms with E-state index in [0.717, 1.165) is 37.2 Å². The third-order valence-corrected chi connectivity index (χ3v) is 7.96. The van der Waals surface area contributed by atoms with Crippen LogP contribution in [0.25, 0.3) is 0 Å². The fourth-order valence-corrected chi connectivity index (χ4v) is 5.65. The molecule has 8 heteroatoms. The average molecular weight is 455 g/mol. The predicted octanol–water partition coefficient (Wildman–Crippen LogP) is 1.71. The fourth-order valence-electron chi connectivity index (χ4n) is 5.65. The normalized spacial score (nSPS) is 25.0. The number of hydrogen-bond acceptors (Lipinski definition) is 7. The molecule has 2 saturated heterocycles. The first-order chi connectivity index (χ1) is 15.8. The maximum Gasteiger partial charge on any atom is 0.338 e. The van der Waals surface area contributed by atoms with Crippen molar-refractivity contribution in [1.29, 1.82) is 0 Å². The minimum absolute atomic E-state index is 0.0934. The number of carbonyl (C=O) groups is 3. The fraction of sp³-hybridized carbons (Fsp3) is 0.560. The summed E-state index contributed by atoms with van der Waals surface area (Å²) < 4.78 is 10.2. The molecule has 0 aromatic heterocycles. The summed E-state index contributed by atoms with van der Waals surface area (Å²) in [7, 11) is 0. The van der Waals surface area contributed by atoms with Gasteiger partial charge in [-0.2, -0.15) is 0 Å². The van der Waals surface area contributed by atoms with Gasteiger partial charge < -0.3 is 24.4 Å². The lowest BCUT2D eigenvalue weighted by molar-refractivity contribution is -0.142. The van der Waals surface area contributed by atoms with Crippen molar-refractivity contribution in [3.8, 4) is 0 Å².